The highest BCUT2D eigenvalue weighted by Crippen LogP contribution is 2.29. The predicted octanol–water partition coefficient (Wildman–Crippen LogP) is 5.37. The zero-order chi connectivity index (χ0) is 25.5. The maximum absolute atomic E-state index is 12.8. The minimum atomic E-state index is -3.91. The summed E-state index contributed by atoms with van der Waals surface area (Å²) in [7, 11) is -3.91. The van der Waals surface area contributed by atoms with Crippen LogP contribution in [0.2, 0.25) is 0 Å². The van der Waals surface area contributed by atoms with E-state index in [0.29, 0.717) is 3.79 Å². The summed E-state index contributed by atoms with van der Waals surface area (Å²) < 4.78 is 33.8. The molecule has 0 atom stereocenters. The Morgan fingerprint density at radius 1 is 0.833 bits per heavy atom. The molecule has 3 aromatic carbocycles. The van der Waals surface area contributed by atoms with Crippen molar-refractivity contribution in [2.75, 3.05) is 11.3 Å². The number of hydrogen-bond donors (Lipinski definition) is 2. The first-order valence-corrected chi connectivity index (χ1v) is 13.9. The average molecular weight is 586 g/mol. The number of amides is 1. The number of ether oxygens (including phenoxy) is 1. The van der Waals surface area contributed by atoms with E-state index in [4.69, 9.17) is 4.74 Å². The van der Waals surface area contributed by atoms with Crippen molar-refractivity contribution in [1.82, 2.24) is 5.32 Å². The van der Waals surface area contributed by atoms with Gasteiger partial charge in [-0.25, -0.2) is 13.2 Å². The largest absolute Gasteiger partial charge is 0.452 e. The van der Waals surface area contributed by atoms with Crippen molar-refractivity contribution in [3.05, 3.63) is 118 Å². The molecule has 4 rings (SSSR count). The van der Waals surface area contributed by atoms with Gasteiger partial charge in [0.1, 0.15) is 4.21 Å². The predicted molar refractivity (Wildman–Crippen MR) is 142 cm³/mol. The fourth-order valence-corrected chi connectivity index (χ4v) is 6.54. The molecule has 0 spiro atoms. The summed E-state index contributed by atoms with van der Waals surface area (Å²) in [4.78, 5) is 25.5. The summed E-state index contributed by atoms with van der Waals surface area (Å²) in [5.74, 6) is -1.32. The quantitative estimate of drug-likeness (QED) is 0.257. The lowest BCUT2D eigenvalue weighted by Gasteiger charge is -2.20. The molecule has 0 saturated carbocycles. The van der Waals surface area contributed by atoms with Crippen molar-refractivity contribution >= 4 is 54.9 Å². The van der Waals surface area contributed by atoms with Crippen molar-refractivity contribution in [1.29, 1.82) is 0 Å². The smallest absolute Gasteiger partial charge is 0.340 e. The van der Waals surface area contributed by atoms with Gasteiger partial charge in [-0.1, -0.05) is 72.8 Å². The molecule has 7 nitrogen and oxygen atoms in total. The summed E-state index contributed by atoms with van der Waals surface area (Å²) in [5.41, 5.74) is 1.80. The van der Waals surface area contributed by atoms with Gasteiger partial charge in [-0.2, -0.15) is 0 Å². The van der Waals surface area contributed by atoms with E-state index < -0.39 is 34.5 Å². The summed E-state index contributed by atoms with van der Waals surface area (Å²) in [6.07, 6.45) is 0. The van der Waals surface area contributed by atoms with Gasteiger partial charge in [0.15, 0.2) is 6.61 Å². The Hall–Kier alpha value is -3.47. The molecule has 184 valence electrons. The van der Waals surface area contributed by atoms with Crippen LogP contribution in [0.25, 0.3) is 0 Å². The number of hydrogen-bond acceptors (Lipinski definition) is 6. The minimum absolute atomic E-state index is 0.00725. The molecule has 0 radical (unpaired) electrons. The Kier molecular flexibility index (Phi) is 8.19. The maximum atomic E-state index is 12.8. The van der Waals surface area contributed by atoms with Crippen molar-refractivity contribution < 1.29 is 22.7 Å². The third-order valence-electron chi connectivity index (χ3n) is 5.11. The van der Waals surface area contributed by atoms with Gasteiger partial charge in [0.2, 0.25) is 0 Å². The zero-order valence-electron chi connectivity index (χ0n) is 18.8. The van der Waals surface area contributed by atoms with Gasteiger partial charge in [-0.05, 0) is 51.3 Å². The van der Waals surface area contributed by atoms with E-state index in [2.05, 4.69) is 26.0 Å². The molecule has 1 aromatic heterocycles. The van der Waals surface area contributed by atoms with E-state index >= 15 is 0 Å². The van der Waals surface area contributed by atoms with E-state index in [-0.39, 0.29) is 15.5 Å². The zero-order valence-corrected chi connectivity index (χ0v) is 22.0. The highest BCUT2D eigenvalue weighted by Gasteiger charge is 2.22. The highest BCUT2D eigenvalue weighted by atomic mass is 79.9. The van der Waals surface area contributed by atoms with Crippen LogP contribution in [-0.4, -0.2) is 26.9 Å². The van der Waals surface area contributed by atoms with Gasteiger partial charge in [0, 0.05) is 0 Å². The Bertz CT molecular complexity index is 1420. The Morgan fingerprint density at radius 3 is 2.00 bits per heavy atom. The minimum Gasteiger partial charge on any atom is -0.452 e. The van der Waals surface area contributed by atoms with Crippen molar-refractivity contribution in [2.45, 2.75) is 10.3 Å². The van der Waals surface area contributed by atoms with Gasteiger partial charge in [0.25, 0.3) is 15.9 Å². The summed E-state index contributed by atoms with van der Waals surface area (Å²) >= 11 is 4.28. The SMILES string of the molecule is O=C(COC(=O)c1ccccc1NS(=O)(=O)c1ccc(Br)s1)NC(c1ccccc1)c1ccccc1. The third-order valence-corrected chi connectivity index (χ3v) is 8.59. The number of thiophene rings is 1. The Labute approximate surface area is 221 Å². The van der Waals surface area contributed by atoms with Crippen LogP contribution in [0.4, 0.5) is 5.69 Å². The van der Waals surface area contributed by atoms with E-state index in [1.54, 1.807) is 18.2 Å². The molecule has 2 N–H and O–H groups in total. The summed E-state index contributed by atoms with van der Waals surface area (Å²) in [6.45, 7) is -0.534. The number of para-hydroxylation sites is 1. The van der Waals surface area contributed by atoms with Crippen molar-refractivity contribution in [3.63, 3.8) is 0 Å². The lowest BCUT2D eigenvalue weighted by Crippen LogP contribution is -2.33. The van der Waals surface area contributed by atoms with Gasteiger partial charge >= 0.3 is 5.97 Å². The van der Waals surface area contributed by atoms with Crippen LogP contribution in [0.5, 0.6) is 0 Å². The number of halogens is 1. The Balaban J connectivity index is 1.45. The molecule has 0 saturated heterocycles. The fourth-order valence-electron chi connectivity index (χ4n) is 3.45. The molecule has 0 aliphatic rings. The van der Waals surface area contributed by atoms with Gasteiger partial charge in [-0.15, -0.1) is 11.3 Å². The lowest BCUT2D eigenvalue weighted by atomic mass is 9.99. The average Bonchev–Trinajstić information content (AvgIpc) is 3.34. The molecule has 0 fully saturated rings. The molecule has 0 bridgehead atoms. The Morgan fingerprint density at radius 2 is 1.42 bits per heavy atom. The first kappa shape index (κ1) is 25.6. The van der Waals surface area contributed by atoms with Crippen molar-refractivity contribution in [3.8, 4) is 0 Å². The lowest BCUT2D eigenvalue weighted by molar-refractivity contribution is -0.124. The monoisotopic (exact) mass is 584 g/mol. The molecule has 0 unspecified atom stereocenters. The summed E-state index contributed by atoms with van der Waals surface area (Å²) in [5, 5.41) is 2.90. The van der Waals surface area contributed by atoms with Gasteiger partial charge < -0.3 is 10.1 Å². The number of nitrogens with one attached hydrogen (secondary N) is 2. The van der Waals surface area contributed by atoms with E-state index in [1.165, 1.54) is 18.2 Å². The number of carbonyl (C=O) groups is 2. The highest BCUT2D eigenvalue weighted by molar-refractivity contribution is 9.11. The van der Waals surface area contributed by atoms with E-state index in [1.807, 2.05) is 60.7 Å². The number of benzene rings is 3. The number of sulfonamides is 1. The maximum Gasteiger partial charge on any atom is 0.340 e. The molecule has 0 aliphatic carbocycles. The molecule has 36 heavy (non-hydrogen) atoms. The molecular weight excluding hydrogens is 564 g/mol. The standard InChI is InChI=1S/C26H21BrN2O5S2/c27-22-15-16-24(35-22)36(32,33)29-21-14-8-7-13-20(21)26(31)34-17-23(30)28-25(18-9-3-1-4-10-18)19-11-5-2-6-12-19/h1-16,25,29H,17H2,(H,28,30). The third kappa shape index (κ3) is 6.39. The second-order valence-electron chi connectivity index (χ2n) is 7.61. The van der Waals surface area contributed by atoms with Gasteiger partial charge in [-0.3, -0.25) is 9.52 Å². The van der Waals surface area contributed by atoms with Crippen LogP contribution in [0.15, 0.2) is 105 Å². The molecule has 1 heterocycles. The van der Waals surface area contributed by atoms with E-state index in [9.17, 15) is 18.0 Å². The van der Waals surface area contributed by atoms with Crippen LogP contribution in [0.1, 0.15) is 27.5 Å². The molecule has 0 aliphatic heterocycles. The van der Waals surface area contributed by atoms with Crippen LogP contribution >= 0.6 is 27.3 Å². The van der Waals surface area contributed by atoms with Crippen LogP contribution in [-0.2, 0) is 19.6 Å². The van der Waals surface area contributed by atoms with Crippen LogP contribution in [0, 0.1) is 0 Å². The van der Waals surface area contributed by atoms with Gasteiger partial charge in [0.05, 0.1) is 21.1 Å². The first-order chi connectivity index (χ1) is 17.3. The summed E-state index contributed by atoms with van der Waals surface area (Å²) in [6, 6.07) is 27.6. The van der Waals surface area contributed by atoms with E-state index in [0.717, 1.165) is 22.5 Å². The van der Waals surface area contributed by atoms with Crippen molar-refractivity contribution in [2.24, 2.45) is 0 Å². The van der Waals surface area contributed by atoms with Crippen LogP contribution in [0.3, 0.4) is 0 Å². The second kappa shape index (κ2) is 11.5. The molecule has 10 heteroatoms. The number of carbonyl (C=O) groups excluding carboxylic acids is 2. The molecular formula is C26H21BrN2O5S2. The number of esters is 1. The fraction of sp³-hybridized carbons (Fsp3) is 0.0769. The first-order valence-electron chi connectivity index (χ1n) is 10.8. The molecule has 4 aromatic rings. The number of anilines is 1. The van der Waals surface area contributed by atoms with Crippen LogP contribution < -0.4 is 10.0 Å². The molecule has 1 amide bonds. The number of rotatable bonds is 9. The topological polar surface area (TPSA) is 102 Å². The normalized spacial score (nSPS) is 11.2. The second-order valence-corrected chi connectivity index (χ2v) is 12.0.